The molecule has 0 aliphatic heterocycles. The average molecular weight is 398 g/mol. The number of carbonyl (C=O) groups is 1. The van der Waals surface area contributed by atoms with Crippen LogP contribution in [-0.4, -0.2) is 27.5 Å². The van der Waals surface area contributed by atoms with Gasteiger partial charge in [0.05, 0.1) is 11.5 Å². The lowest BCUT2D eigenvalue weighted by molar-refractivity contribution is -0.116. The summed E-state index contributed by atoms with van der Waals surface area (Å²) >= 11 is 0. The molecule has 0 fully saturated rings. The van der Waals surface area contributed by atoms with Crippen LogP contribution in [0.25, 0.3) is 10.8 Å². The van der Waals surface area contributed by atoms with Crippen LogP contribution >= 0.6 is 0 Å². The predicted octanol–water partition coefficient (Wildman–Crippen LogP) is 3.55. The van der Waals surface area contributed by atoms with Crippen molar-refractivity contribution in [2.24, 2.45) is 0 Å². The van der Waals surface area contributed by atoms with Gasteiger partial charge in [-0.15, -0.1) is 0 Å². The van der Waals surface area contributed by atoms with E-state index < -0.39 is 10.0 Å². The van der Waals surface area contributed by atoms with Crippen LogP contribution in [0.15, 0.2) is 71.6 Å². The highest BCUT2D eigenvalue weighted by molar-refractivity contribution is 7.89. The molecule has 0 saturated carbocycles. The number of carbonyl (C=O) groups excluding carboxylic acids is 1. The topological polar surface area (TPSA) is 84.5 Å². The molecular weight excluding hydrogens is 376 g/mol. The molecule has 0 spiro atoms. The van der Waals surface area contributed by atoms with Crippen LogP contribution < -0.4 is 14.8 Å². The molecule has 0 aliphatic carbocycles. The Kier molecular flexibility index (Phi) is 6.28. The summed E-state index contributed by atoms with van der Waals surface area (Å²) in [5.74, 6) is 0.349. The van der Waals surface area contributed by atoms with E-state index in [9.17, 15) is 13.2 Å². The van der Waals surface area contributed by atoms with Gasteiger partial charge in [0, 0.05) is 24.0 Å². The van der Waals surface area contributed by atoms with Gasteiger partial charge in [0.25, 0.3) is 0 Å². The second-order valence-electron chi connectivity index (χ2n) is 6.13. The molecule has 0 radical (unpaired) electrons. The van der Waals surface area contributed by atoms with Crippen LogP contribution in [0, 0.1) is 0 Å². The summed E-state index contributed by atoms with van der Waals surface area (Å²) in [6, 6.07) is 19.6. The second kappa shape index (κ2) is 8.86. The van der Waals surface area contributed by atoms with E-state index in [2.05, 4.69) is 10.0 Å². The van der Waals surface area contributed by atoms with E-state index in [4.69, 9.17) is 4.74 Å². The van der Waals surface area contributed by atoms with Crippen molar-refractivity contribution in [3.05, 3.63) is 66.7 Å². The maximum absolute atomic E-state index is 12.3. The molecule has 0 heterocycles. The zero-order valence-corrected chi connectivity index (χ0v) is 16.3. The van der Waals surface area contributed by atoms with Crippen molar-refractivity contribution in [2.75, 3.05) is 18.5 Å². The van der Waals surface area contributed by atoms with Crippen molar-refractivity contribution in [1.82, 2.24) is 4.72 Å². The first-order valence-corrected chi connectivity index (χ1v) is 10.5. The summed E-state index contributed by atoms with van der Waals surface area (Å²) in [5, 5.41) is 4.80. The lowest BCUT2D eigenvalue weighted by atomic mass is 10.1. The number of anilines is 1. The van der Waals surface area contributed by atoms with E-state index in [1.54, 1.807) is 12.1 Å². The van der Waals surface area contributed by atoms with E-state index in [0.29, 0.717) is 18.0 Å². The Morgan fingerprint density at radius 2 is 1.68 bits per heavy atom. The molecule has 0 aromatic heterocycles. The van der Waals surface area contributed by atoms with E-state index in [0.717, 1.165) is 10.8 Å². The molecule has 1 amide bonds. The van der Waals surface area contributed by atoms with E-state index in [1.807, 2.05) is 49.4 Å². The quantitative estimate of drug-likeness (QED) is 0.608. The molecule has 7 heteroatoms. The Morgan fingerprint density at radius 1 is 0.964 bits per heavy atom. The first kappa shape index (κ1) is 19.9. The van der Waals surface area contributed by atoms with Crippen LogP contribution in [0.1, 0.15) is 13.3 Å². The number of rotatable bonds is 8. The number of amides is 1. The third kappa shape index (κ3) is 4.88. The molecule has 0 aliphatic rings. The highest BCUT2D eigenvalue weighted by Crippen LogP contribution is 2.23. The van der Waals surface area contributed by atoms with Gasteiger partial charge >= 0.3 is 0 Å². The first-order chi connectivity index (χ1) is 13.5. The lowest BCUT2D eigenvalue weighted by Gasteiger charge is -2.10. The van der Waals surface area contributed by atoms with Crippen LogP contribution in [0.3, 0.4) is 0 Å². The van der Waals surface area contributed by atoms with Gasteiger partial charge < -0.3 is 10.1 Å². The summed E-state index contributed by atoms with van der Waals surface area (Å²) in [6.45, 7) is 2.37. The lowest BCUT2D eigenvalue weighted by Crippen LogP contribution is -2.27. The number of hydrogen-bond donors (Lipinski definition) is 2. The summed E-state index contributed by atoms with van der Waals surface area (Å²) in [4.78, 5) is 12.4. The number of ether oxygens (including phenoxy) is 1. The zero-order valence-electron chi connectivity index (χ0n) is 15.5. The molecule has 0 atom stereocenters. The second-order valence-corrected chi connectivity index (χ2v) is 7.89. The molecular formula is C21H22N2O4S. The van der Waals surface area contributed by atoms with Gasteiger partial charge in [-0.3, -0.25) is 4.79 Å². The van der Waals surface area contributed by atoms with Gasteiger partial charge in [-0.25, -0.2) is 13.1 Å². The summed E-state index contributed by atoms with van der Waals surface area (Å²) < 4.78 is 32.4. The number of hydrogen-bond acceptors (Lipinski definition) is 4. The number of sulfonamides is 1. The minimum absolute atomic E-state index is 0.00610. The molecule has 146 valence electrons. The fourth-order valence-corrected chi connectivity index (χ4v) is 3.84. The smallest absolute Gasteiger partial charge is 0.240 e. The Morgan fingerprint density at radius 3 is 2.43 bits per heavy atom. The van der Waals surface area contributed by atoms with Gasteiger partial charge in [0.2, 0.25) is 15.9 Å². The van der Waals surface area contributed by atoms with Crippen LogP contribution in [0.5, 0.6) is 5.75 Å². The fraction of sp³-hybridized carbons (Fsp3) is 0.190. The number of nitrogens with one attached hydrogen (secondary N) is 2. The number of benzene rings is 3. The van der Waals surface area contributed by atoms with E-state index in [1.165, 1.54) is 12.1 Å². The van der Waals surface area contributed by atoms with Crippen molar-refractivity contribution in [1.29, 1.82) is 0 Å². The standard InChI is InChI=1S/C21H22N2O4S/c1-2-27-17-10-12-18(13-11-17)28(25,26)22-15-14-21(24)23-20-9-5-7-16-6-3-4-8-19(16)20/h3-13,22H,2,14-15H2,1H3,(H,23,24). The maximum Gasteiger partial charge on any atom is 0.240 e. The normalized spacial score (nSPS) is 11.3. The molecule has 28 heavy (non-hydrogen) atoms. The summed E-state index contributed by atoms with van der Waals surface area (Å²) in [5.41, 5.74) is 0.706. The molecule has 6 nitrogen and oxygen atoms in total. The van der Waals surface area contributed by atoms with Crippen molar-refractivity contribution < 1.29 is 17.9 Å². The third-order valence-corrected chi connectivity index (χ3v) is 5.63. The minimum Gasteiger partial charge on any atom is -0.494 e. The summed E-state index contributed by atoms with van der Waals surface area (Å²) in [7, 11) is -3.68. The molecule has 3 rings (SSSR count). The van der Waals surface area contributed by atoms with Gasteiger partial charge in [-0.2, -0.15) is 0 Å². The zero-order chi connectivity index (χ0) is 20.0. The van der Waals surface area contributed by atoms with E-state index in [-0.39, 0.29) is 23.8 Å². The highest BCUT2D eigenvalue weighted by Gasteiger charge is 2.14. The molecule has 0 saturated heterocycles. The first-order valence-electron chi connectivity index (χ1n) is 9.00. The SMILES string of the molecule is CCOc1ccc(S(=O)(=O)NCCC(=O)Nc2cccc3ccccc23)cc1. The third-order valence-electron chi connectivity index (χ3n) is 4.15. The number of fused-ring (bicyclic) bond motifs is 1. The fourth-order valence-electron chi connectivity index (χ4n) is 2.81. The Balaban J connectivity index is 1.57. The van der Waals surface area contributed by atoms with Crippen molar-refractivity contribution in [3.63, 3.8) is 0 Å². The Hall–Kier alpha value is -2.90. The predicted molar refractivity (Wildman–Crippen MR) is 110 cm³/mol. The summed E-state index contributed by atoms with van der Waals surface area (Å²) in [6.07, 6.45) is 0.0273. The van der Waals surface area contributed by atoms with Crippen molar-refractivity contribution in [2.45, 2.75) is 18.2 Å². The van der Waals surface area contributed by atoms with Gasteiger partial charge in [-0.1, -0.05) is 36.4 Å². The van der Waals surface area contributed by atoms with Gasteiger partial charge in [0.1, 0.15) is 5.75 Å². The average Bonchev–Trinajstić information content (AvgIpc) is 2.69. The van der Waals surface area contributed by atoms with Gasteiger partial charge in [-0.05, 0) is 42.6 Å². The van der Waals surface area contributed by atoms with Crippen LogP contribution in [0.2, 0.25) is 0 Å². The molecule has 0 bridgehead atoms. The monoisotopic (exact) mass is 398 g/mol. The van der Waals surface area contributed by atoms with Crippen molar-refractivity contribution >= 4 is 32.4 Å². The van der Waals surface area contributed by atoms with E-state index >= 15 is 0 Å². The van der Waals surface area contributed by atoms with Crippen LogP contribution in [-0.2, 0) is 14.8 Å². The molecule has 3 aromatic carbocycles. The minimum atomic E-state index is -3.68. The van der Waals surface area contributed by atoms with Crippen molar-refractivity contribution in [3.8, 4) is 5.75 Å². The maximum atomic E-state index is 12.3. The van der Waals surface area contributed by atoms with Gasteiger partial charge in [0.15, 0.2) is 0 Å². The Bertz CT molecular complexity index is 1060. The molecule has 3 aromatic rings. The highest BCUT2D eigenvalue weighted by atomic mass is 32.2. The molecule has 0 unspecified atom stereocenters. The largest absolute Gasteiger partial charge is 0.494 e. The van der Waals surface area contributed by atoms with Crippen LogP contribution in [0.4, 0.5) is 5.69 Å². The molecule has 2 N–H and O–H groups in total. The Labute approximate surface area is 164 Å².